The number of unbranched alkanes of at least 4 members (excludes halogenated alkanes) is 22. The smallest absolute Gasteiger partial charge is 0.169 e. The van der Waals surface area contributed by atoms with Crippen molar-refractivity contribution in [2.75, 3.05) is 0 Å². The maximum absolute atomic E-state index is 2.50. The first-order valence-electron chi connectivity index (χ1n) is 16.3. The molecular weight excluding hydrogens is 422 g/mol. The van der Waals surface area contributed by atoms with E-state index in [1.165, 1.54) is 167 Å². The number of rotatable bonds is 27. The first-order chi connectivity index (χ1) is 17.4. The minimum absolute atomic E-state index is 0.711. The Bertz CT molecular complexity index is 511. The van der Waals surface area contributed by atoms with Crippen LogP contribution in [0.4, 0.5) is 0 Å². The molecule has 0 saturated heterocycles. The maximum Gasteiger partial charge on any atom is 0.169 e. The molecule has 1 unspecified atom stereocenters. The molecule has 0 saturated carbocycles. The van der Waals surface area contributed by atoms with Crippen molar-refractivity contribution in [3.05, 3.63) is 30.6 Å². The second-order valence-electron chi connectivity index (χ2n) is 11.3. The molecule has 0 amide bonds. The van der Waals surface area contributed by atoms with E-state index >= 15 is 0 Å². The van der Waals surface area contributed by atoms with Gasteiger partial charge in [0.15, 0.2) is 18.4 Å². The van der Waals surface area contributed by atoms with Crippen molar-refractivity contribution >= 4 is 0 Å². The fourth-order valence-corrected chi connectivity index (χ4v) is 5.54. The van der Waals surface area contributed by atoms with Gasteiger partial charge >= 0.3 is 0 Å². The highest BCUT2D eigenvalue weighted by atomic mass is 15.0. The summed E-state index contributed by atoms with van der Waals surface area (Å²) in [6.07, 6.45) is 42.0. The van der Waals surface area contributed by atoms with Gasteiger partial charge in [-0.1, -0.05) is 161 Å². The van der Waals surface area contributed by atoms with Gasteiger partial charge in [0, 0.05) is 25.0 Å². The van der Waals surface area contributed by atoms with Crippen LogP contribution < -0.4 is 4.57 Å². The molecule has 1 aromatic heterocycles. The Morgan fingerprint density at radius 2 is 0.657 bits per heavy atom. The minimum Gasteiger partial charge on any atom is -0.202 e. The van der Waals surface area contributed by atoms with Gasteiger partial charge in [-0.3, -0.25) is 0 Å². The van der Waals surface area contributed by atoms with Crippen LogP contribution in [0.5, 0.6) is 0 Å². The van der Waals surface area contributed by atoms with Gasteiger partial charge in [0.25, 0.3) is 0 Å². The zero-order valence-electron chi connectivity index (χ0n) is 24.3. The van der Waals surface area contributed by atoms with Gasteiger partial charge < -0.3 is 0 Å². The van der Waals surface area contributed by atoms with Gasteiger partial charge in [-0.15, -0.1) is 0 Å². The lowest BCUT2D eigenvalue weighted by Crippen LogP contribution is -2.38. The van der Waals surface area contributed by atoms with E-state index in [1.807, 2.05) is 0 Å². The number of hydrogen-bond donors (Lipinski definition) is 0. The molecule has 1 nitrogen and oxygen atoms in total. The molecule has 1 atom stereocenters. The van der Waals surface area contributed by atoms with E-state index in [9.17, 15) is 0 Å². The van der Waals surface area contributed by atoms with E-state index in [-0.39, 0.29) is 0 Å². The molecule has 1 heterocycles. The number of aromatic nitrogens is 1. The molecule has 0 aliphatic rings. The van der Waals surface area contributed by atoms with Crippen LogP contribution in [-0.4, -0.2) is 0 Å². The Morgan fingerprint density at radius 3 is 0.971 bits per heavy atom. The molecule has 1 rings (SSSR count). The van der Waals surface area contributed by atoms with Crippen molar-refractivity contribution in [2.45, 2.75) is 187 Å². The molecule has 35 heavy (non-hydrogen) atoms. The molecule has 204 valence electrons. The SMILES string of the molecule is CCCCCCCCCCCCCCCCC(CCCCCCCCCCCC)[n+]1ccccc1. The van der Waals surface area contributed by atoms with Gasteiger partial charge in [0.2, 0.25) is 0 Å². The van der Waals surface area contributed by atoms with E-state index in [2.05, 4.69) is 49.0 Å². The number of nitrogens with zero attached hydrogens (tertiary/aromatic N) is 1. The van der Waals surface area contributed by atoms with E-state index in [0.29, 0.717) is 6.04 Å². The summed E-state index contributed by atoms with van der Waals surface area (Å²) in [5, 5.41) is 0. The van der Waals surface area contributed by atoms with Crippen LogP contribution in [0.3, 0.4) is 0 Å². The molecule has 0 bridgehead atoms. The predicted molar refractivity (Wildman–Crippen MR) is 157 cm³/mol. The Hall–Kier alpha value is -0.850. The summed E-state index contributed by atoms with van der Waals surface area (Å²) in [5.41, 5.74) is 0. The maximum atomic E-state index is 2.50. The zero-order valence-corrected chi connectivity index (χ0v) is 24.3. The molecule has 0 aromatic carbocycles. The summed E-state index contributed by atoms with van der Waals surface area (Å²) in [6, 6.07) is 7.27. The highest BCUT2D eigenvalue weighted by molar-refractivity contribution is 4.84. The fraction of sp³-hybridized carbons (Fsp3) is 0.853. The Balaban J connectivity index is 2.03. The van der Waals surface area contributed by atoms with Crippen molar-refractivity contribution in [3.63, 3.8) is 0 Å². The lowest BCUT2D eigenvalue weighted by molar-refractivity contribution is -0.724. The molecule has 0 fully saturated rings. The Morgan fingerprint density at radius 1 is 0.371 bits per heavy atom. The highest BCUT2D eigenvalue weighted by Gasteiger charge is 2.16. The first kappa shape index (κ1) is 32.2. The molecule has 0 aliphatic carbocycles. The predicted octanol–water partition coefficient (Wildman–Crippen LogP) is 11.7. The second-order valence-corrected chi connectivity index (χ2v) is 11.3. The van der Waals surface area contributed by atoms with Crippen LogP contribution in [-0.2, 0) is 0 Å². The monoisotopic (exact) mass is 487 g/mol. The van der Waals surface area contributed by atoms with E-state index < -0.39 is 0 Å². The lowest BCUT2D eigenvalue weighted by atomic mass is 9.99. The van der Waals surface area contributed by atoms with Gasteiger partial charge in [0.1, 0.15) is 0 Å². The Kier molecular flexibility index (Phi) is 24.1. The van der Waals surface area contributed by atoms with Crippen LogP contribution >= 0.6 is 0 Å². The summed E-state index contributed by atoms with van der Waals surface area (Å²) in [5.74, 6) is 0. The average molecular weight is 487 g/mol. The summed E-state index contributed by atoms with van der Waals surface area (Å²) < 4.78 is 2.50. The van der Waals surface area contributed by atoms with Crippen molar-refractivity contribution < 1.29 is 4.57 Å². The molecule has 0 aliphatic heterocycles. The minimum atomic E-state index is 0.711. The third-order valence-electron chi connectivity index (χ3n) is 7.94. The van der Waals surface area contributed by atoms with Crippen molar-refractivity contribution in [3.8, 4) is 0 Å². The van der Waals surface area contributed by atoms with E-state index in [4.69, 9.17) is 0 Å². The van der Waals surface area contributed by atoms with Crippen LogP contribution in [0.1, 0.15) is 187 Å². The van der Waals surface area contributed by atoms with Gasteiger partial charge in [-0.05, 0) is 12.8 Å². The summed E-state index contributed by atoms with van der Waals surface area (Å²) in [7, 11) is 0. The van der Waals surface area contributed by atoms with Gasteiger partial charge in [0.05, 0.1) is 0 Å². The summed E-state index contributed by atoms with van der Waals surface area (Å²) in [4.78, 5) is 0. The van der Waals surface area contributed by atoms with Crippen LogP contribution in [0.25, 0.3) is 0 Å². The third kappa shape index (κ3) is 21.0. The van der Waals surface area contributed by atoms with E-state index in [1.54, 1.807) is 0 Å². The number of hydrogen-bond acceptors (Lipinski definition) is 0. The first-order valence-corrected chi connectivity index (χ1v) is 16.3. The second kappa shape index (κ2) is 26.2. The third-order valence-corrected chi connectivity index (χ3v) is 7.94. The van der Waals surface area contributed by atoms with Crippen LogP contribution in [0.15, 0.2) is 30.6 Å². The molecule has 1 aromatic rings. The Labute approximate surface area is 221 Å². The molecule has 0 radical (unpaired) electrons. The zero-order chi connectivity index (χ0) is 25.1. The average Bonchev–Trinajstić information content (AvgIpc) is 2.89. The summed E-state index contributed by atoms with van der Waals surface area (Å²) in [6.45, 7) is 4.61. The van der Waals surface area contributed by atoms with Gasteiger partial charge in [-0.25, -0.2) is 4.57 Å². The van der Waals surface area contributed by atoms with Crippen molar-refractivity contribution in [2.24, 2.45) is 0 Å². The van der Waals surface area contributed by atoms with Crippen molar-refractivity contribution in [1.82, 2.24) is 0 Å². The molecule has 0 spiro atoms. The standard InChI is InChI=1S/C34H64N/c1-3-5-7-9-11-13-15-16-17-18-20-22-24-27-31-34(35-32-28-25-29-33-35)30-26-23-21-19-14-12-10-8-6-4-2/h25,28-29,32-34H,3-24,26-27,30-31H2,1-2H3/q+1. The summed E-state index contributed by atoms with van der Waals surface area (Å²) >= 11 is 0. The topological polar surface area (TPSA) is 3.88 Å². The largest absolute Gasteiger partial charge is 0.202 e. The lowest BCUT2D eigenvalue weighted by Gasteiger charge is -2.13. The highest BCUT2D eigenvalue weighted by Crippen LogP contribution is 2.20. The normalized spacial score (nSPS) is 12.3. The van der Waals surface area contributed by atoms with Crippen LogP contribution in [0.2, 0.25) is 0 Å². The van der Waals surface area contributed by atoms with E-state index in [0.717, 1.165) is 0 Å². The fourth-order valence-electron chi connectivity index (χ4n) is 5.54. The van der Waals surface area contributed by atoms with Crippen LogP contribution in [0, 0.1) is 0 Å². The molecular formula is C34H64N+. The molecule has 1 heteroatoms. The molecule has 0 N–H and O–H groups in total. The van der Waals surface area contributed by atoms with Crippen molar-refractivity contribution in [1.29, 1.82) is 0 Å². The number of pyridine rings is 1. The quantitative estimate of drug-likeness (QED) is 0.0859. The van der Waals surface area contributed by atoms with Gasteiger partial charge in [-0.2, -0.15) is 0 Å².